The molecule has 0 aromatic heterocycles. The number of carbonyl (C=O) groups is 4. The SMILES string of the molecule is CNC(=O)[C@H](CC(C)C)NC(=O)[C@H](Cc1ccccc1)NC(=O)CNC(=O)C/C=C(\F)[C@@H](N)Cc1ccc(O)cc1. The molecule has 2 aromatic rings. The Labute approximate surface area is 240 Å². The van der Waals surface area contributed by atoms with Gasteiger partial charge in [0, 0.05) is 19.9 Å². The number of carbonyl (C=O) groups excluding carboxylic acids is 4. The van der Waals surface area contributed by atoms with Crippen molar-refractivity contribution < 1.29 is 28.7 Å². The second-order valence-corrected chi connectivity index (χ2v) is 10.2. The zero-order valence-corrected chi connectivity index (χ0v) is 23.7. The Hall–Kier alpha value is -4.25. The largest absolute Gasteiger partial charge is 0.508 e. The fourth-order valence-electron chi connectivity index (χ4n) is 4.03. The van der Waals surface area contributed by atoms with Crippen LogP contribution in [0.2, 0.25) is 0 Å². The normalized spacial score (nSPS) is 13.6. The first-order valence-corrected chi connectivity index (χ1v) is 13.5. The summed E-state index contributed by atoms with van der Waals surface area (Å²) in [4.78, 5) is 50.4. The Morgan fingerprint density at radius 2 is 1.51 bits per heavy atom. The second kappa shape index (κ2) is 16.8. The van der Waals surface area contributed by atoms with E-state index in [0.29, 0.717) is 6.42 Å². The van der Waals surface area contributed by atoms with Gasteiger partial charge in [0.05, 0.1) is 12.6 Å². The molecule has 2 rings (SSSR count). The molecule has 0 unspecified atom stereocenters. The zero-order valence-electron chi connectivity index (χ0n) is 23.7. The number of phenolic OH excluding ortho intramolecular Hbond substituents is 1. The zero-order chi connectivity index (χ0) is 30.4. The molecule has 11 heteroatoms. The lowest BCUT2D eigenvalue weighted by molar-refractivity contribution is -0.132. The van der Waals surface area contributed by atoms with Gasteiger partial charge in [-0.25, -0.2) is 4.39 Å². The highest BCUT2D eigenvalue weighted by atomic mass is 19.1. The van der Waals surface area contributed by atoms with Crippen molar-refractivity contribution >= 4 is 23.6 Å². The maximum atomic E-state index is 14.4. The lowest BCUT2D eigenvalue weighted by Gasteiger charge is -2.24. The van der Waals surface area contributed by atoms with Crippen LogP contribution in [0.4, 0.5) is 4.39 Å². The third-order valence-electron chi connectivity index (χ3n) is 6.20. The molecule has 0 fully saturated rings. The molecule has 0 saturated carbocycles. The topological polar surface area (TPSA) is 163 Å². The van der Waals surface area contributed by atoms with E-state index >= 15 is 0 Å². The minimum absolute atomic E-state index is 0.0882. The van der Waals surface area contributed by atoms with E-state index in [-0.39, 0.29) is 36.8 Å². The van der Waals surface area contributed by atoms with Crippen LogP contribution in [0, 0.1) is 5.92 Å². The molecule has 0 aliphatic carbocycles. The summed E-state index contributed by atoms with van der Waals surface area (Å²) >= 11 is 0. The van der Waals surface area contributed by atoms with Gasteiger partial charge in [-0.3, -0.25) is 19.2 Å². The van der Waals surface area contributed by atoms with Crippen LogP contribution >= 0.6 is 0 Å². The van der Waals surface area contributed by atoms with Crippen LogP contribution < -0.4 is 27.0 Å². The lowest BCUT2D eigenvalue weighted by atomic mass is 10.0. The smallest absolute Gasteiger partial charge is 0.243 e. The summed E-state index contributed by atoms with van der Waals surface area (Å²) in [7, 11) is 1.48. The summed E-state index contributed by atoms with van der Waals surface area (Å²) in [6, 6.07) is 12.5. The van der Waals surface area contributed by atoms with Gasteiger partial charge >= 0.3 is 0 Å². The number of nitrogens with two attached hydrogens (primary N) is 1. The number of benzene rings is 2. The predicted octanol–water partition coefficient (Wildman–Crippen LogP) is 1.63. The molecular formula is C30H40FN5O5. The van der Waals surface area contributed by atoms with E-state index in [9.17, 15) is 28.7 Å². The average Bonchev–Trinajstić information content (AvgIpc) is 2.95. The molecule has 7 N–H and O–H groups in total. The van der Waals surface area contributed by atoms with Crippen molar-refractivity contribution in [1.29, 1.82) is 0 Å². The van der Waals surface area contributed by atoms with Crippen molar-refractivity contribution in [3.8, 4) is 5.75 Å². The molecule has 0 spiro atoms. The summed E-state index contributed by atoms with van der Waals surface area (Å²) in [6.07, 6.45) is 1.48. The second-order valence-electron chi connectivity index (χ2n) is 10.2. The van der Waals surface area contributed by atoms with E-state index in [4.69, 9.17) is 5.73 Å². The number of likely N-dealkylation sites (N-methyl/N-ethyl adjacent to an activating group) is 1. The van der Waals surface area contributed by atoms with Gasteiger partial charge in [0.25, 0.3) is 0 Å². The lowest BCUT2D eigenvalue weighted by Crippen LogP contribution is -2.55. The predicted molar refractivity (Wildman–Crippen MR) is 154 cm³/mol. The van der Waals surface area contributed by atoms with Crippen LogP contribution in [-0.2, 0) is 32.0 Å². The average molecular weight is 570 g/mol. The monoisotopic (exact) mass is 569 g/mol. The van der Waals surface area contributed by atoms with Crippen LogP contribution in [0.5, 0.6) is 5.75 Å². The van der Waals surface area contributed by atoms with E-state index in [2.05, 4.69) is 21.3 Å². The molecule has 10 nitrogen and oxygen atoms in total. The number of halogens is 1. The summed E-state index contributed by atoms with van der Waals surface area (Å²) < 4.78 is 14.4. The van der Waals surface area contributed by atoms with Gasteiger partial charge in [-0.15, -0.1) is 0 Å². The summed E-state index contributed by atoms with van der Waals surface area (Å²) in [5.74, 6) is -2.55. The van der Waals surface area contributed by atoms with Crippen LogP contribution in [0.15, 0.2) is 66.5 Å². The molecule has 4 amide bonds. The van der Waals surface area contributed by atoms with Gasteiger partial charge in [-0.05, 0) is 48.1 Å². The molecule has 3 atom stereocenters. The maximum absolute atomic E-state index is 14.4. The minimum Gasteiger partial charge on any atom is -0.508 e. The van der Waals surface area contributed by atoms with Crippen LogP contribution in [0.1, 0.15) is 37.8 Å². The Bertz CT molecular complexity index is 1190. The molecule has 41 heavy (non-hydrogen) atoms. The van der Waals surface area contributed by atoms with Crippen molar-refractivity contribution in [2.45, 2.75) is 57.7 Å². The molecule has 0 saturated heterocycles. The summed E-state index contributed by atoms with van der Waals surface area (Å²) in [6.45, 7) is 3.42. The first-order chi connectivity index (χ1) is 19.5. The number of amides is 4. The van der Waals surface area contributed by atoms with Gasteiger partial charge in [0.15, 0.2) is 0 Å². The molecule has 2 aromatic carbocycles. The van der Waals surface area contributed by atoms with E-state index in [1.807, 2.05) is 44.2 Å². The number of hydrogen-bond donors (Lipinski definition) is 6. The number of rotatable bonds is 15. The Balaban J connectivity index is 1.95. The fraction of sp³-hybridized carbons (Fsp3) is 0.400. The number of aromatic hydroxyl groups is 1. The molecule has 0 aliphatic heterocycles. The molecular weight excluding hydrogens is 529 g/mol. The molecule has 222 valence electrons. The number of nitrogens with one attached hydrogen (secondary N) is 4. The Kier molecular flexibility index (Phi) is 13.5. The molecule has 0 bridgehead atoms. The molecule has 0 aliphatic rings. The highest BCUT2D eigenvalue weighted by molar-refractivity contribution is 5.93. The third-order valence-corrected chi connectivity index (χ3v) is 6.20. The fourth-order valence-corrected chi connectivity index (χ4v) is 4.03. The Morgan fingerprint density at radius 3 is 2.12 bits per heavy atom. The van der Waals surface area contributed by atoms with Crippen LogP contribution in [-0.4, -0.2) is 60.5 Å². The highest BCUT2D eigenvalue weighted by Gasteiger charge is 2.27. The van der Waals surface area contributed by atoms with E-state index in [1.165, 1.54) is 19.2 Å². The van der Waals surface area contributed by atoms with Gasteiger partial charge in [-0.1, -0.05) is 56.3 Å². The van der Waals surface area contributed by atoms with Crippen molar-refractivity contribution in [1.82, 2.24) is 21.3 Å². The highest BCUT2D eigenvalue weighted by Crippen LogP contribution is 2.14. The molecule has 0 radical (unpaired) electrons. The van der Waals surface area contributed by atoms with Crippen LogP contribution in [0.25, 0.3) is 0 Å². The minimum atomic E-state index is -1.00. The van der Waals surface area contributed by atoms with E-state index < -0.39 is 48.2 Å². The van der Waals surface area contributed by atoms with Crippen molar-refractivity contribution in [2.75, 3.05) is 13.6 Å². The van der Waals surface area contributed by atoms with Crippen molar-refractivity contribution in [3.05, 3.63) is 77.6 Å². The summed E-state index contributed by atoms with van der Waals surface area (Å²) in [5.41, 5.74) is 7.38. The first-order valence-electron chi connectivity index (χ1n) is 13.5. The van der Waals surface area contributed by atoms with Gasteiger partial charge < -0.3 is 32.1 Å². The number of hydrogen-bond acceptors (Lipinski definition) is 6. The van der Waals surface area contributed by atoms with Crippen molar-refractivity contribution in [2.24, 2.45) is 11.7 Å². The van der Waals surface area contributed by atoms with E-state index in [1.54, 1.807) is 12.1 Å². The maximum Gasteiger partial charge on any atom is 0.243 e. The summed E-state index contributed by atoms with van der Waals surface area (Å²) in [5, 5.41) is 19.6. The van der Waals surface area contributed by atoms with Crippen molar-refractivity contribution in [3.63, 3.8) is 0 Å². The van der Waals surface area contributed by atoms with Gasteiger partial charge in [-0.2, -0.15) is 0 Å². The molecule has 0 heterocycles. The Morgan fingerprint density at radius 1 is 0.878 bits per heavy atom. The van der Waals surface area contributed by atoms with E-state index in [0.717, 1.165) is 17.2 Å². The van der Waals surface area contributed by atoms with Gasteiger partial charge in [0.1, 0.15) is 23.7 Å². The van der Waals surface area contributed by atoms with Gasteiger partial charge in [0.2, 0.25) is 23.6 Å². The third kappa shape index (κ3) is 12.2. The number of phenols is 1. The van der Waals surface area contributed by atoms with Crippen LogP contribution in [0.3, 0.4) is 0 Å². The first kappa shape index (κ1) is 33.0. The quantitative estimate of drug-likeness (QED) is 0.191. The standard InChI is InChI=1S/C30H40FN5O5/c1-19(2)15-25(29(40)33-3)36-30(41)26(17-20-7-5-4-6-8-20)35-28(39)18-34-27(38)14-13-23(31)24(32)16-21-9-11-22(37)12-10-21/h4-13,19,24-26,37H,14-18,32H2,1-3H3,(H,33,40)(H,34,38)(H,35,39)(H,36,41)/b23-13-/t24-,25-,26-/m0/s1.